The molecule has 1 aromatic heterocycles. The van der Waals surface area contributed by atoms with Gasteiger partial charge >= 0.3 is 6.09 Å². The Kier molecular flexibility index (Phi) is 5.44. The number of fused-ring (bicyclic) bond motifs is 1. The molecule has 2 heterocycles. The molecule has 0 saturated carbocycles. The van der Waals surface area contributed by atoms with Gasteiger partial charge < -0.3 is 10.4 Å². The number of sulfone groups is 1. The highest BCUT2D eigenvalue weighted by Crippen LogP contribution is 2.40. The molecule has 1 aliphatic rings. The zero-order chi connectivity index (χ0) is 20.6. The Morgan fingerprint density at radius 1 is 1.32 bits per heavy atom. The van der Waals surface area contributed by atoms with Gasteiger partial charge in [-0.1, -0.05) is 26.0 Å². The first-order valence-corrected chi connectivity index (χ1v) is 11.3. The van der Waals surface area contributed by atoms with E-state index >= 15 is 0 Å². The van der Waals surface area contributed by atoms with Crippen LogP contribution in [0.15, 0.2) is 29.2 Å². The Morgan fingerprint density at radius 3 is 2.50 bits per heavy atom. The summed E-state index contributed by atoms with van der Waals surface area (Å²) in [4.78, 5) is 30.7. The molecule has 0 aliphatic carbocycles. The molecule has 0 saturated heterocycles. The number of aromatic nitrogens is 1. The predicted molar refractivity (Wildman–Crippen MR) is 104 cm³/mol. The maximum absolute atomic E-state index is 12.5. The lowest BCUT2D eigenvalue weighted by Crippen LogP contribution is -2.31. The second-order valence-corrected chi connectivity index (χ2v) is 10.1. The third-order valence-electron chi connectivity index (χ3n) is 4.53. The molecule has 10 heteroatoms. The Hall–Kier alpha value is -2.46. The van der Waals surface area contributed by atoms with Crippen LogP contribution in [0.4, 0.5) is 4.79 Å². The summed E-state index contributed by atoms with van der Waals surface area (Å²) in [6, 6.07) is 5.95. The highest BCUT2D eigenvalue weighted by molar-refractivity contribution is 7.90. The van der Waals surface area contributed by atoms with Gasteiger partial charge in [0.25, 0.3) is 5.91 Å². The van der Waals surface area contributed by atoms with Crippen molar-refractivity contribution in [1.82, 2.24) is 15.2 Å². The van der Waals surface area contributed by atoms with Crippen molar-refractivity contribution in [1.29, 1.82) is 0 Å². The second kappa shape index (κ2) is 7.51. The topological polar surface area (TPSA) is 117 Å². The maximum Gasteiger partial charge on any atom is 0.408 e. The van der Waals surface area contributed by atoms with Gasteiger partial charge in [0, 0.05) is 12.8 Å². The van der Waals surface area contributed by atoms with E-state index in [1.165, 1.54) is 28.4 Å². The summed E-state index contributed by atoms with van der Waals surface area (Å²) >= 11 is 1.21. The number of nitrogens with one attached hydrogen (secondary N) is 1. The smallest absolute Gasteiger partial charge is 0.408 e. The number of rotatable bonds is 5. The van der Waals surface area contributed by atoms with Crippen molar-refractivity contribution in [2.45, 2.75) is 37.9 Å². The first-order chi connectivity index (χ1) is 13.1. The lowest BCUT2D eigenvalue weighted by Gasteiger charge is -2.24. The summed E-state index contributed by atoms with van der Waals surface area (Å²) in [5.41, 5.74) is 1.42. The van der Waals surface area contributed by atoms with E-state index in [0.29, 0.717) is 10.7 Å². The molecule has 0 radical (unpaired) electrons. The van der Waals surface area contributed by atoms with Crippen molar-refractivity contribution in [3.05, 3.63) is 45.4 Å². The third-order valence-corrected chi connectivity index (χ3v) is 6.72. The number of carbonyl (C=O) groups excluding carboxylic acids is 1. The average Bonchev–Trinajstić information content (AvgIpc) is 3.16. The molecule has 8 nitrogen and oxygen atoms in total. The van der Waals surface area contributed by atoms with E-state index in [1.54, 1.807) is 12.1 Å². The number of hydrogen-bond donors (Lipinski definition) is 2. The second-order valence-electron chi connectivity index (χ2n) is 7.03. The summed E-state index contributed by atoms with van der Waals surface area (Å²) in [6.45, 7) is 4.33. The standard InChI is InChI=1S/C18H21N3O5S2/c1-10(2)15-14-13(9-21(15)18(23)24)27-17(20-14)16(22)19-8-11-4-6-12(7-5-11)28(3,25)26/h4-7,10,15H,8-9H2,1-3H3,(H,19,22)(H,23,24). The van der Waals surface area contributed by atoms with E-state index in [4.69, 9.17) is 0 Å². The Balaban J connectivity index is 1.69. The molecule has 1 aromatic carbocycles. The number of hydrogen-bond acceptors (Lipinski definition) is 6. The molecule has 1 atom stereocenters. The van der Waals surface area contributed by atoms with Gasteiger partial charge in [0.1, 0.15) is 0 Å². The van der Waals surface area contributed by atoms with Crippen LogP contribution in [0, 0.1) is 5.92 Å². The Labute approximate surface area is 167 Å². The monoisotopic (exact) mass is 423 g/mol. The molecular formula is C18H21N3O5S2. The fourth-order valence-corrected chi connectivity index (χ4v) is 4.83. The fourth-order valence-electron chi connectivity index (χ4n) is 3.18. The number of benzene rings is 1. The van der Waals surface area contributed by atoms with Crippen molar-refractivity contribution in [2.75, 3.05) is 6.26 Å². The van der Waals surface area contributed by atoms with Crippen LogP contribution in [0.2, 0.25) is 0 Å². The highest BCUT2D eigenvalue weighted by Gasteiger charge is 2.39. The Morgan fingerprint density at radius 2 is 1.96 bits per heavy atom. The van der Waals surface area contributed by atoms with E-state index in [1.807, 2.05) is 13.8 Å². The van der Waals surface area contributed by atoms with Gasteiger partial charge in [-0.25, -0.2) is 18.2 Å². The molecule has 0 fully saturated rings. The summed E-state index contributed by atoms with van der Waals surface area (Å²) in [7, 11) is -3.26. The maximum atomic E-state index is 12.5. The van der Waals surface area contributed by atoms with Crippen molar-refractivity contribution < 1.29 is 23.1 Å². The SMILES string of the molecule is CC(C)C1c2nc(C(=O)NCc3ccc(S(C)(=O)=O)cc3)sc2CN1C(=O)O. The van der Waals surface area contributed by atoms with Crippen LogP contribution in [0.25, 0.3) is 0 Å². The van der Waals surface area contributed by atoms with E-state index in [2.05, 4.69) is 10.3 Å². The quantitative estimate of drug-likeness (QED) is 0.764. The normalized spacial score (nSPS) is 16.3. The number of amides is 2. The molecule has 28 heavy (non-hydrogen) atoms. The van der Waals surface area contributed by atoms with E-state index in [9.17, 15) is 23.1 Å². The minimum Gasteiger partial charge on any atom is -0.465 e. The zero-order valence-corrected chi connectivity index (χ0v) is 17.3. The molecule has 1 aliphatic heterocycles. The molecule has 2 N–H and O–H groups in total. The van der Waals surface area contributed by atoms with E-state index in [-0.39, 0.29) is 35.9 Å². The molecule has 2 aromatic rings. The molecule has 0 bridgehead atoms. The predicted octanol–water partition coefficient (Wildman–Crippen LogP) is 2.67. The molecule has 1 unspecified atom stereocenters. The summed E-state index contributed by atoms with van der Waals surface area (Å²) in [5, 5.41) is 12.4. The van der Waals surface area contributed by atoms with Gasteiger partial charge in [0.15, 0.2) is 14.8 Å². The van der Waals surface area contributed by atoms with Crippen molar-refractivity contribution in [2.24, 2.45) is 5.92 Å². The van der Waals surface area contributed by atoms with Crippen LogP contribution in [-0.4, -0.2) is 41.7 Å². The van der Waals surface area contributed by atoms with Gasteiger partial charge in [0.05, 0.1) is 28.1 Å². The van der Waals surface area contributed by atoms with Crippen molar-refractivity contribution in [3.63, 3.8) is 0 Å². The van der Waals surface area contributed by atoms with Crippen LogP contribution < -0.4 is 5.32 Å². The van der Waals surface area contributed by atoms with Gasteiger partial charge in [-0.05, 0) is 23.6 Å². The van der Waals surface area contributed by atoms with Crippen molar-refractivity contribution in [3.8, 4) is 0 Å². The minimum atomic E-state index is -3.26. The average molecular weight is 424 g/mol. The lowest BCUT2D eigenvalue weighted by atomic mass is 10.0. The summed E-state index contributed by atoms with van der Waals surface area (Å²) in [5.74, 6) is -0.292. The number of carboxylic acid groups (broad SMARTS) is 1. The van der Waals surface area contributed by atoms with Crippen LogP contribution in [0.3, 0.4) is 0 Å². The minimum absolute atomic E-state index is 0.0451. The van der Waals surface area contributed by atoms with Crippen LogP contribution in [0.1, 0.15) is 45.8 Å². The zero-order valence-electron chi connectivity index (χ0n) is 15.7. The number of thiazole rings is 1. The molecular weight excluding hydrogens is 402 g/mol. The highest BCUT2D eigenvalue weighted by atomic mass is 32.2. The molecule has 150 valence electrons. The van der Waals surface area contributed by atoms with Crippen LogP contribution in [-0.2, 0) is 22.9 Å². The fraction of sp³-hybridized carbons (Fsp3) is 0.389. The first kappa shape index (κ1) is 20.3. The largest absolute Gasteiger partial charge is 0.465 e. The third kappa shape index (κ3) is 4.02. The van der Waals surface area contributed by atoms with Crippen LogP contribution >= 0.6 is 11.3 Å². The molecule has 2 amide bonds. The van der Waals surface area contributed by atoms with Gasteiger partial charge in [-0.3, -0.25) is 9.69 Å². The van der Waals surface area contributed by atoms with E-state index in [0.717, 1.165) is 16.7 Å². The first-order valence-electron chi connectivity index (χ1n) is 8.64. The van der Waals surface area contributed by atoms with E-state index < -0.39 is 15.9 Å². The van der Waals surface area contributed by atoms with Gasteiger partial charge in [-0.15, -0.1) is 11.3 Å². The van der Waals surface area contributed by atoms with Gasteiger partial charge in [0.2, 0.25) is 0 Å². The molecule has 0 spiro atoms. The van der Waals surface area contributed by atoms with Crippen molar-refractivity contribution >= 4 is 33.2 Å². The summed E-state index contributed by atoms with van der Waals surface area (Å²) in [6.07, 6.45) is 0.147. The summed E-state index contributed by atoms with van der Waals surface area (Å²) < 4.78 is 23.0. The number of carbonyl (C=O) groups is 2. The lowest BCUT2D eigenvalue weighted by molar-refractivity contribution is 0.0949. The van der Waals surface area contributed by atoms with Gasteiger partial charge in [-0.2, -0.15) is 0 Å². The molecule has 3 rings (SSSR count). The number of nitrogens with zero attached hydrogens (tertiary/aromatic N) is 2. The van der Waals surface area contributed by atoms with Crippen LogP contribution in [0.5, 0.6) is 0 Å². The Bertz CT molecular complexity index is 1010.